The summed E-state index contributed by atoms with van der Waals surface area (Å²) in [7, 11) is 0. The largest absolute Gasteiger partial charge is 0.389 e. The van der Waals surface area contributed by atoms with Gasteiger partial charge in [0.2, 0.25) is 0 Å². The first kappa shape index (κ1) is 16.0. The summed E-state index contributed by atoms with van der Waals surface area (Å²) in [5, 5.41) is 13.0. The highest BCUT2D eigenvalue weighted by Gasteiger charge is 2.13. The van der Waals surface area contributed by atoms with E-state index >= 15 is 0 Å². The molecule has 3 nitrogen and oxygen atoms in total. The molecule has 0 aliphatic rings. The number of hydrogen-bond donors (Lipinski definition) is 2. The Kier molecular flexibility index (Phi) is 5.83. The average molecular weight is 265 g/mol. The van der Waals surface area contributed by atoms with E-state index in [1.165, 1.54) is 5.56 Å². The Hall–Kier alpha value is -1.06. The van der Waals surface area contributed by atoms with Crippen LogP contribution in [-0.2, 0) is 10.2 Å². The van der Waals surface area contributed by atoms with Gasteiger partial charge in [-0.15, -0.1) is 0 Å². The Morgan fingerprint density at radius 3 is 2.21 bits per heavy atom. The van der Waals surface area contributed by atoms with Crippen molar-refractivity contribution in [2.75, 3.05) is 18.5 Å². The lowest BCUT2D eigenvalue weighted by molar-refractivity contribution is 0.0112. The lowest BCUT2D eigenvalue weighted by Crippen LogP contribution is -2.26. The van der Waals surface area contributed by atoms with Crippen LogP contribution in [0.15, 0.2) is 24.3 Å². The Bertz CT molecular complexity index is 365. The van der Waals surface area contributed by atoms with Crippen molar-refractivity contribution in [1.82, 2.24) is 0 Å². The molecule has 1 aromatic rings. The van der Waals surface area contributed by atoms with Crippen molar-refractivity contribution in [2.24, 2.45) is 0 Å². The lowest BCUT2D eigenvalue weighted by Gasteiger charge is -2.20. The van der Waals surface area contributed by atoms with Gasteiger partial charge in [0.25, 0.3) is 0 Å². The van der Waals surface area contributed by atoms with E-state index in [1.807, 2.05) is 13.8 Å². The molecule has 1 aromatic carbocycles. The van der Waals surface area contributed by atoms with E-state index in [2.05, 4.69) is 50.4 Å². The van der Waals surface area contributed by atoms with Gasteiger partial charge >= 0.3 is 0 Å². The van der Waals surface area contributed by atoms with Gasteiger partial charge < -0.3 is 15.2 Å². The normalized spacial score (nSPS) is 13.6. The van der Waals surface area contributed by atoms with Crippen molar-refractivity contribution in [3.63, 3.8) is 0 Å². The molecular formula is C16H27NO2. The van der Waals surface area contributed by atoms with Crippen LogP contribution in [0, 0.1) is 0 Å². The van der Waals surface area contributed by atoms with E-state index in [0.29, 0.717) is 13.2 Å². The third kappa shape index (κ3) is 6.08. The molecule has 1 unspecified atom stereocenters. The quantitative estimate of drug-likeness (QED) is 0.830. The zero-order valence-electron chi connectivity index (χ0n) is 12.7. The minimum Gasteiger partial charge on any atom is -0.389 e. The molecule has 1 atom stereocenters. The van der Waals surface area contributed by atoms with Crippen molar-refractivity contribution in [1.29, 1.82) is 0 Å². The van der Waals surface area contributed by atoms with E-state index in [4.69, 9.17) is 4.74 Å². The molecule has 0 heterocycles. The molecule has 0 radical (unpaired) electrons. The molecular weight excluding hydrogens is 238 g/mol. The highest BCUT2D eigenvalue weighted by atomic mass is 16.5. The fraction of sp³-hybridized carbons (Fsp3) is 0.625. The second-order valence-electron chi connectivity index (χ2n) is 6.24. The summed E-state index contributed by atoms with van der Waals surface area (Å²) >= 11 is 0. The van der Waals surface area contributed by atoms with Crippen molar-refractivity contribution in [3.05, 3.63) is 29.8 Å². The smallest absolute Gasteiger partial charge is 0.0945 e. The van der Waals surface area contributed by atoms with Gasteiger partial charge in [-0.05, 0) is 37.0 Å². The summed E-state index contributed by atoms with van der Waals surface area (Å²) in [6, 6.07) is 8.35. The van der Waals surface area contributed by atoms with E-state index in [-0.39, 0.29) is 11.5 Å². The van der Waals surface area contributed by atoms with Gasteiger partial charge in [-0.2, -0.15) is 0 Å². The van der Waals surface area contributed by atoms with Gasteiger partial charge in [-0.1, -0.05) is 32.9 Å². The van der Waals surface area contributed by atoms with Crippen molar-refractivity contribution < 1.29 is 9.84 Å². The summed E-state index contributed by atoms with van der Waals surface area (Å²) in [5.41, 5.74) is 2.50. The molecule has 0 aromatic heterocycles. The first-order valence-corrected chi connectivity index (χ1v) is 6.93. The zero-order chi connectivity index (χ0) is 14.5. The predicted octanol–water partition coefficient (Wildman–Crippen LogP) is 3.18. The molecule has 0 bridgehead atoms. The van der Waals surface area contributed by atoms with Crippen LogP contribution < -0.4 is 5.32 Å². The average Bonchev–Trinajstić information content (AvgIpc) is 2.33. The number of rotatable bonds is 6. The Morgan fingerprint density at radius 1 is 1.16 bits per heavy atom. The molecule has 2 N–H and O–H groups in total. The number of nitrogens with one attached hydrogen (secondary N) is 1. The number of ether oxygens (including phenoxy) is 1. The molecule has 0 saturated heterocycles. The van der Waals surface area contributed by atoms with Gasteiger partial charge in [0.15, 0.2) is 0 Å². The lowest BCUT2D eigenvalue weighted by atomic mass is 9.87. The van der Waals surface area contributed by atoms with Gasteiger partial charge in [-0.3, -0.25) is 0 Å². The van der Waals surface area contributed by atoms with Crippen molar-refractivity contribution >= 4 is 5.69 Å². The first-order chi connectivity index (χ1) is 8.79. The fourth-order valence-electron chi connectivity index (χ4n) is 1.69. The third-order valence-corrected chi connectivity index (χ3v) is 2.91. The summed E-state index contributed by atoms with van der Waals surface area (Å²) in [6.45, 7) is 11.4. The van der Waals surface area contributed by atoms with Crippen LogP contribution in [0.1, 0.15) is 40.2 Å². The summed E-state index contributed by atoms with van der Waals surface area (Å²) in [6.07, 6.45) is -0.328. The SMILES string of the molecule is CC(C)OCC(O)CNc1ccc(C(C)(C)C)cc1. The maximum Gasteiger partial charge on any atom is 0.0945 e. The van der Waals surface area contributed by atoms with Crippen molar-refractivity contribution in [2.45, 2.75) is 52.2 Å². The molecule has 0 fully saturated rings. The standard InChI is InChI=1S/C16H27NO2/c1-12(2)19-11-15(18)10-17-14-8-6-13(7-9-14)16(3,4)5/h6-9,12,15,17-18H,10-11H2,1-5H3. The summed E-state index contributed by atoms with van der Waals surface area (Å²) in [4.78, 5) is 0. The first-order valence-electron chi connectivity index (χ1n) is 6.93. The molecule has 0 saturated carbocycles. The Morgan fingerprint density at radius 2 is 1.74 bits per heavy atom. The highest BCUT2D eigenvalue weighted by Crippen LogP contribution is 2.23. The van der Waals surface area contributed by atoms with Crippen LogP contribution in [0.3, 0.4) is 0 Å². The molecule has 0 spiro atoms. The van der Waals surface area contributed by atoms with E-state index in [0.717, 1.165) is 5.69 Å². The van der Waals surface area contributed by atoms with Crippen LogP contribution in [0.5, 0.6) is 0 Å². The molecule has 3 heteroatoms. The molecule has 0 amide bonds. The molecule has 0 aliphatic heterocycles. The Labute approximate surface area is 117 Å². The van der Waals surface area contributed by atoms with E-state index < -0.39 is 6.10 Å². The van der Waals surface area contributed by atoms with Gasteiger partial charge in [0.1, 0.15) is 0 Å². The van der Waals surface area contributed by atoms with E-state index in [1.54, 1.807) is 0 Å². The van der Waals surface area contributed by atoms with Crippen LogP contribution in [-0.4, -0.2) is 30.5 Å². The van der Waals surface area contributed by atoms with Crippen LogP contribution >= 0.6 is 0 Å². The van der Waals surface area contributed by atoms with Crippen LogP contribution in [0.2, 0.25) is 0 Å². The monoisotopic (exact) mass is 265 g/mol. The maximum atomic E-state index is 9.76. The fourth-order valence-corrected chi connectivity index (χ4v) is 1.69. The number of benzene rings is 1. The van der Waals surface area contributed by atoms with Gasteiger partial charge in [0, 0.05) is 12.2 Å². The summed E-state index contributed by atoms with van der Waals surface area (Å²) in [5.74, 6) is 0. The molecule has 1 rings (SSSR count). The topological polar surface area (TPSA) is 41.5 Å². The third-order valence-electron chi connectivity index (χ3n) is 2.91. The number of aliphatic hydroxyl groups is 1. The second kappa shape index (κ2) is 6.92. The molecule has 0 aliphatic carbocycles. The second-order valence-corrected chi connectivity index (χ2v) is 6.24. The van der Waals surface area contributed by atoms with Crippen molar-refractivity contribution in [3.8, 4) is 0 Å². The minimum absolute atomic E-state index is 0.153. The number of aliphatic hydroxyl groups excluding tert-OH is 1. The minimum atomic E-state index is -0.482. The zero-order valence-corrected chi connectivity index (χ0v) is 12.7. The Balaban J connectivity index is 2.42. The highest BCUT2D eigenvalue weighted by molar-refractivity contribution is 5.45. The van der Waals surface area contributed by atoms with Crippen LogP contribution in [0.4, 0.5) is 5.69 Å². The molecule has 108 valence electrons. The van der Waals surface area contributed by atoms with Gasteiger partial charge in [0.05, 0.1) is 18.8 Å². The predicted molar refractivity (Wildman–Crippen MR) is 80.7 cm³/mol. The molecule has 19 heavy (non-hydrogen) atoms. The van der Waals surface area contributed by atoms with Gasteiger partial charge in [-0.25, -0.2) is 0 Å². The number of hydrogen-bond acceptors (Lipinski definition) is 3. The summed E-state index contributed by atoms with van der Waals surface area (Å²) < 4.78 is 5.37. The van der Waals surface area contributed by atoms with Crippen LogP contribution in [0.25, 0.3) is 0 Å². The maximum absolute atomic E-state index is 9.76. The number of anilines is 1. The van der Waals surface area contributed by atoms with E-state index in [9.17, 15) is 5.11 Å².